The Kier molecular flexibility index (Phi) is 5.00. The van der Waals surface area contributed by atoms with Gasteiger partial charge in [0.05, 0.1) is 12.0 Å². The predicted molar refractivity (Wildman–Crippen MR) is 106 cm³/mol. The van der Waals surface area contributed by atoms with Gasteiger partial charge in [-0.3, -0.25) is 4.79 Å². The summed E-state index contributed by atoms with van der Waals surface area (Å²) in [5.74, 6) is 1.64. The summed E-state index contributed by atoms with van der Waals surface area (Å²) in [5, 5.41) is 11.4. The molecule has 8 heteroatoms. The molecule has 0 N–H and O–H groups in total. The molecule has 0 radical (unpaired) electrons. The SMILES string of the molecule is COc1ccc(C(=O)N2CCN(c3oc(-c4cccs4)nc3C#N)CC2)cc1. The normalized spacial score (nSPS) is 14.0. The number of methoxy groups -OCH3 is 1. The number of hydrogen-bond acceptors (Lipinski definition) is 7. The predicted octanol–water partition coefficient (Wildman–Crippen LogP) is 3.25. The van der Waals surface area contributed by atoms with Gasteiger partial charge in [0.1, 0.15) is 11.8 Å². The van der Waals surface area contributed by atoms with Crippen LogP contribution in [0.25, 0.3) is 10.8 Å². The van der Waals surface area contributed by atoms with Crippen LogP contribution >= 0.6 is 11.3 Å². The number of nitrogens with zero attached hydrogens (tertiary/aromatic N) is 4. The van der Waals surface area contributed by atoms with E-state index in [0.29, 0.717) is 43.5 Å². The second-order valence-corrected chi connectivity index (χ2v) is 7.22. The summed E-state index contributed by atoms with van der Waals surface area (Å²) < 4.78 is 11.0. The lowest BCUT2D eigenvalue weighted by Gasteiger charge is -2.34. The summed E-state index contributed by atoms with van der Waals surface area (Å²) in [6.45, 7) is 2.25. The molecule has 1 saturated heterocycles. The molecule has 0 bridgehead atoms. The van der Waals surface area contributed by atoms with Gasteiger partial charge in [0.25, 0.3) is 5.91 Å². The van der Waals surface area contributed by atoms with Crippen LogP contribution in [0.15, 0.2) is 46.2 Å². The number of carbonyl (C=O) groups is 1. The summed E-state index contributed by atoms with van der Waals surface area (Å²) in [5.41, 5.74) is 0.907. The van der Waals surface area contributed by atoms with E-state index in [1.807, 2.05) is 22.4 Å². The molecule has 142 valence electrons. The summed E-state index contributed by atoms with van der Waals surface area (Å²) in [6, 6.07) is 13.0. The third-order valence-electron chi connectivity index (χ3n) is 4.64. The first-order valence-electron chi connectivity index (χ1n) is 8.82. The maximum atomic E-state index is 12.7. The van der Waals surface area contributed by atoms with Crippen molar-refractivity contribution < 1.29 is 13.9 Å². The molecule has 1 aliphatic heterocycles. The van der Waals surface area contributed by atoms with Crippen molar-refractivity contribution in [3.05, 3.63) is 53.0 Å². The Balaban J connectivity index is 1.45. The molecule has 0 unspecified atom stereocenters. The van der Waals surface area contributed by atoms with Crippen LogP contribution in [0.2, 0.25) is 0 Å². The van der Waals surface area contributed by atoms with Crippen LogP contribution in [-0.4, -0.2) is 49.1 Å². The summed E-state index contributed by atoms with van der Waals surface area (Å²) in [7, 11) is 1.60. The van der Waals surface area contributed by atoms with Crippen molar-refractivity contribution in [3.63, 3.8) is 0 Å². The second-order valence-electron chi connectivity index (χ2n) is 6.27. The fraction of sp³-hybridized carbons (Fsp3) is 0.250. The van der Waals surface area contributed by atoms with Gasteiger partial charge >= 0.3 is 0 Å². The molecule has 1 aromatic carbocycles. The van der Waals surface area contributed by atoms with Gasteiger partial charge in [-0.25, -0.2) is 0 Å². The highest BCUT2D eigenvalue weighted by molar-refractivity contribution is 7.13. The van der Waals surface area contributed by atoms with E-state index in [2.05, 4.69) is 11.1 Å². The maximum Gasteiger partial charge on any atom is 0.253 e. The van der Waals surface area contributed by atoms with Crippen molar-refractivity contribution in [2.75, 3.05) is 38.2 Å². The Morgan fingerprint density at radius 2 is 1.96 bits per heavy atom. The molecule has 1 aliphatic rings. The molecular formula is C20H18N4O3S. The molecule has 1 amide bonds. The van der Waals surface area contributed by atoms with E-state index in [0.717, 1.165) is 10.6 Å². The minimum absolute atomic E-state index is 0.0142. The first-order valence-corrected chi connectivity index (χ1v) is 9.70. The van der Waals surface area contributed by atoms with Crippen molar-refractivity contribution in [3.8, 4) is 22.6 Å². The first-order chi connectivity index (χ1) is 13.7. The monoisotopic (exact) mass is 394 g/mol. The van der Waals surface area contributed by atoms with E-state index in [9.17, 15) is 10.1 Å². The van der Waals surface area contributed by atoms with E-state index >= 15 is 0 Å². The average molecular weight is 394 g/mol. The second kappa shape index (κ2) is 7.74. The molecule has 0 saturated carbocycles. The third kappa shape index (κ3) is 3.44. The molecule has 4 rings (SSSR count). The highest BCUT2D eigenvalue weighted by Gasteiger charge is 2.27. The zero-order valence-electron chi connectivity index (χ0n) is 15.3. The van der Waals surface area contributed by atoms with E-state index in [4.69, 9.17) is 9.15 Å². The van der Waals surface area contributed by atoms with Crippen LogP contribution in [0.1, 0.15) is 16.1 Å². The van der Waals surface area contributed by atoms with E-state index < -0.39 is 0 Å². The Bertz CT molecular complexity index is 997. The number of aromatic nitrogens is 1. The molecule has 2 aromatic heterocycles. The number of carbonyl (C=O) groups excluding carboxylic acids is 1. The van der Waals surface area contributed by atoms with Crippen LogP contribution in [0.3, 0.4) is 0 Å². The number of nitriles is 1. The number of anilines is 1. The van der Waals surface area contributed by atoms with Crippen molar-refractivity contribution >= 4 is 23.1 Å². The van der Waals surface area contributed by atoms with Crippen molar-refractivity contribution in [1.29, 1.82) is 5.26 Å². The number of benzene rings is 1. The van der Waals surface area contributed by atoms with Crippen molar-refractivity contribution in [2.45, 2.75) is 0 Å². The zero-order valence-corrected chi connectivity index (χ0v) is 16.1. The summed E-state index contributed by atoms with van der Waals surface area (Å²) in [4.78, 5) is 21.7. The fourth-order valence-electron chi connectivity index (χ4n) is 3.13. The minimum atomic E-state index is -0.0142. The molecule has 0 spiro atoms. The highest BCUT2D eigenvalue weighted by Crippen LogP contribution is 2.31. The highest BCUT2D eigenvalue weighted by atomic mass is 32.1. The van der Waals surface area contributed by atoms with Gasteiger partial charge in [-0.2, -0.15) is 10.2 Å². The van der Waals surface area contributed by atoms with Crippen LogP contribution in [-0.2, 0) is 0 Å². The van der Waals surface area contributed by atoms with Gasteiger partial charge in [0.15, 0.2) is 0 Å². The summed E-state index contributed by atoms with van der Waals surface area (Å²) in [6.07, 6.45) is 0. The zero-order chi connectivity index (χ0) is 19.5. The van der Waals surface area contributed by atoms with Gasteiger partial charge in [-0.05, 0) is 35.7 Å². The number of oxazole rings is 1. The molecule has 7 nitrogen and oxygen atoms in total. The third-order valence-corrected chi connectivity index (χ3v) is 5.50. The maximum absolute atomic E-state index is 12.7. The first kappa shape index (κ1) is 18.1. The number of amides is 1. The molecule has 0 atom stereocenters. The standard InChI is InChI=1S/C20H18N4O3S/c1-26-15-6-4-14(5-7-15)19(25)23-8-10-24(11-9-23)20-16(13-21)22-18(27-20)17-3-2-12-28-17/h2-7,12H,8-11H2,1H3. The molecule has 1 fully saturated rings. The van der Waals surface area contributed by atoms with Gasteiger partial charge < -0.3 is 19.0 Å². The number of piperazine rings is 1. The number of thiophene rings is 1. The van der Waals surface area contributed by atoms with Crippen LogP contribution in [0.5, 0.6) is 5.75 Å². The number of rotatable bonds is 4. The topological polar surface area (TPSA) is 82.6 Å². The average Bonchev–Trinajstić information content (AvgIpc) is 3.43. The number of ether oxygens (including phenoxy) is 1. The molecule has 28 heavy (non-hydrogen) atoms. The van der Waals surface area contributed by atoms with Crippen LogP contribution in [0, 0.1) is 11.3 Å². The van der Waals surface area contributed by atoms with Gasteiger partial charge in [0, 0.05) is 31.7 Å². The molecule has 3 aromatic rings. The number of hydrogen-bond donors (Lipinski definition) is 0. The quantitative estimate of drug-likeness (QED) is 0.676. The Morgan fingerprint density at radius 1 is 1.21 bits per heavy atom. The minimum Gasteiger partial charge on any atom is -0.497 e. The van der Waals surface area contributed by atoms with Gasteiger partial charge in [-0.15, -0.1) is 11.3 Å². The Labute approximate surface area is 166 Å². The lowest BCUT2D eigenvalue weighted by Crippen LogP contribution is -2.48. The van der Waals surface area contributed by atoms with Gasteiger partial charge in [-0.1, -0.05) is 6.07 Å². The van der Waals surface area contributed by atoms with Crippen molar-refractivity contribution in [2.24, 2.45) is 0 Å². The van der Waals surface area contributed by atoms with Crippen molar-refractivity contribution in [1.82, 2.24) is 9.88 Å². The molecule has 3 heterocycles. The Morgan fingerprint density at radius 3 is 2.57 bits per heavy atom. The van der Waals surface area contributed by atoms with E-state index in [-0.39, 0.29) is 11.6 Å². The van der Waals surface area contributed by atoms with Crippen LogP contribution < -0.4 is 9.64 Å². The lowest BCUT2D eigenvalue weighted by atomic mass is 10.1. The smallest absolute Gasteiger partial charge is 0.253 e. The molecule has 0 aliphatic carbocycles. The Hall–Kier alpha value is -3.31. The largest absolute Gasteiger partial charge is 0.497 e. The van der Waals surface area contributed by atoms with Crippen LogP contribution in [0.4, 0.5) is 5.88 Å². The van der Waals surface area contributed by atoms with E-state index in [1.165, 1.54) is 11.3 Å². The fourth-order valence-corrected chi connectivity index (χ4v) is 3.78. The lowest BCUT2D eigenvalue weighted by molar-refractivity contribution is 0.0745. The summed E-state index contributed by atoms with van der Waals surface area (Å²) >= 11 is 1.51. The van der Waals surface area contributed by atoms with E-state index in [1.54, 1.807) is 36.3 Å². The molecular weight excluding hydrogens is 376 g/mol. The van der Waals surface area contributed by atoms with Gasteiger partial charge in [0.2, 0.25) is 17.5 Å².